The molecule has 8 heteroatoms. The quantitative estimate of drug-likeness (QED) is 0.941. The van der Waals surface area contributed by atoms with Crippen LogP contribution in [0.15, 0.2) is 24.4 Å². The van der Waals surface area contributed by atoms with Crippen molar-refractivity contribution in [1.29, 1.82) is 0 Å². The van der Waals surface area contributed by atoms with Gasteiger partial charge in [-0.25, -0.2) is 0 Å². The van der Waals surface area contributed by atoms with Crippen LogP contribution in [0.2, 0.25) is 0 Å². The lowest BCUT2D eigenvalue weighted by molar-refractivity contribution is -0.142. The minimum Gasteiger partial charge on any atom is -0.364 e. The van der Waals surface area contributed by atoms with Crippen molar-refractivity contribution in [3.8, 4) is 0 Å². The van der Waals surface area contributed by atoms with Crippen LogP contribution < -0.4 is 0 Å². The highest BCUT2D eigenvalue weighted by Crippen LogP contribution is 2.28. The van der Waals surface area contributed by atoms with Crippen LogP contribution in [-0.2, 0) is 24.1 Å². The number of carbonyl (C=O) groups is 1. The second-order valence-corrected chi connectivity index (χ2v) is 4.77. The smallest absolute Gasteiger partial charge is 0.364 e. The van der Waals surface area contributed by atoms with Crippen LogP contribution in [0.1, 0.15) is 17.1 Å². The molecule has 0 aromatic carbocycles. The summed E-state index contributed by atoms with van der Waals surface area (Å²) in [5, 5.41) is 3.44. The molecule has 0 aliphatic carbocycles. The SMILES string of the molecule is Cc1cc(C(F)(F)F)nn1CC(=O)N(C)Cc1ccc[nH]1. The van der Waals surface area contributed by atoms with Crippen LogP contribution in [0.3, 0.4) is 0 Å². The third kappa shape index (κ3) is 3.65. The van der Waals surface area contributed by atoms with E-state index in [0.29, 0.717) is 12.2 Å². The van der Waals surface area contributed by atoms with Crippen LogP contribution in [0.4, 0.5) is 13.2 Å². The number of rotatable bonds is 4. The molecular weight excluding hydrogens is 285 g/mol. The number of aromatic amines is 1. The van der Waals surface area contributed by atoms with Gasteiger partial charge in [-0.15, -0.1) is 0 Å². The number of likely N-dealkylation sites (N-methyl/N-ethyl adjacent to an activating group) is 1. The summed E-state index contributed by atoms with van der Waals surface area (Å²) in [5.41, 5.74) is 0.155. The number of aromatic nitrogens is 3. The number of hydrogen-bond donors (Lipinski definition) is 1. The van der Waals surface area contributed by atoms with Gasteiger partial charge in [0.25, 0.3) is 0 Å². The summed E-state index contributed by atoms with van der Waals surface area (Å²) in [7, 11) is 1.59. The number of nitrogens with one attached hydrogen (secondary N) is 1. The van der Waals surface area contributed by atoms with Crippen LogP contribution in [0.5, 0.6) is 0 Å². The largest absolute Gasteiger partial charge is 0.435 e. The molecule has 0 unspecified atom stereocenters. The normalized spacial score (nSPS) is 11.7. The highest BCUT2D eigenvalue weighted by Gasteiger charge is 2.34. The first-order valence-corrected chi connectivity index (χ1v) is 6.25. The number of carbonyl (C=O) groups excluding carboxylic acids is 1. The predicted molar refractivity (Wildman–Crippen MR) is 69.2 cm³/mol. The molecule has 1 N–H and O–H groups in total. The lowest BCUT2D eigenvalue weighted by Crippen LogP contribution is -2.30. The number of nitrogens with zero attached hydrogens (tertiary/aromatic N) is 3. The van der Waals surface area contributed by atoms with Crippen LogP contribution >= 0.6 is 0 Å². The number of amides is 1. The van der Waals surface area contributed by atoms with Crippen molar-refractivity contribution in [2.75, 3.05) is 7.05 Å². The molecule has 2 aromatic heterocycles. The Labute approximate surface area is 119 Å². The Kier molecular flexibility index (Phi) is 4.06. The van der Waals surface area contributed by atoms with E-state index in [-0.39, 0.29) is 12.5 Å². The van der Waals surface area contributed by atoms with Gasteiger partial charge in [0.2, 0.25) is 5.91 Å². The average molecular weight is 300 g/mol. The second-order valence-electron chi connectivity index (χ2n) is 4.77. The average Bonchev–Trinajstić information content (AvgIpc) is 2.99. The highest BCUT2D eigenvalue weighted by atomic mass is 19.4. The summed E-state index contributed by atoms with van der Waals surface area (Å²) >= 11 is 0. The van der Waals surface area contributed by atoms with E-state index in [2.05, 4.69) is 10.1 Å². The summed E-state index contributed by atoms with van der Waals surface area (Å²) in [5.74, 6) is -0.315. The summed E-state index contributed by atoms with van der Waals surface area (Å²) in [6, 6.07) is 4.56. The van der Waals surface area contributed by atoms with E-state index in [4.69, 9.17) is 0 Å². The fraction of sp³-hybridized carbons (Fsp3) is 0.385. The maximum absolute atomic E-state index is 12.6. The fourth-order valence-electron chi connectivity index (χ4n) is 1.87. The molecule has 0 radical (unpaired) electrons. The van der Waals surface area contributed by atoms with E-state index in [0.717, 1.165) is 16.4 Å². The van der Waals surface area contributed by atoms with Gasteiger partial charge in [0.1, 0.15) is 6.54 Å². The molecule has 0 atom stereocenters. The Hall–Kier alpha value is -2.25. The number of H-pyrrole nitrogens is 1. The first-order chi connectivity index (χ1) is 9.77. The summed E-state index contributed by atoms with van der Waals surface area (Å²) in [4.78, 5) is 16.4. The van der Waals surface area contributed by atoms with E-state index in [1.54, 1.807) is 19.3 Å². The Morgan fingerprint density at radius 2 is 2.19 bits per heavy atom. The van der Waals surface area contributed by atoms with E-state index >= 15 is 0 Å². The molecule has 0 saturated heterocycles. The first-order valence-electron chi connectivity index (χ1n) is 6.25. The maximum atomic E-state index is 12.6. The Morgan fingerprint density at radius 1 is 1.48 bits per heavy atom. The summed E-state index contributed by atoms with van der Waals surface area (Å²) in [6.45, 7) is 1.62. The topological polar surface area (TPSA) is 53.9 Å². The molecule has 0 spiro atoms. The van der Waals surface area contributed by atoms with Gasteiger partial charge in [-0.3, -0.25) is 9.48 Å². The predicted octanol–water partition coefficient (Wildman–Crippen LogP) is 2.20. The van der Waals surface area contributed by atoms with Gasteiger partial charge in [-0.2, -0.15) is 18.3 Å². The Morgan fingerprint density at radius 3 is 2.71 bits per heavy atom. The lowest BCUT2D eigenvalue weighted by atomic mass is 10.3. The molecule has 1 amide bonds. The van der Waals surface area contributed by atoms with Gasteiger partial charge >= 0.3 is 6.18 Å². The van der Waals surface area contributed by atoms with Crippen LogP contribution in [0.25, 0.3) is 0 Å². The second kappa shape index (κ2) is 5.63. The molecular formula is C13H15F3N4O. The molecule has 2 aromatic rings. The molecule has 0 aliphatic heterocycles. The standard InChI is InChI=1S/C13H15F3N4O/c1-9-6-11(13(14,15)16)18-20(9)8-12(21)19(2)7-10-4-3-5-17-10/h3-6,17H,7-8H2,1-2H3. The van der Waals surface area contributed by atoms with Gasteiger partial charge in [0.05, 0.1) is 6.54 Å². The maximum Gasteiger partial charge on any atom is 0.435 e. The van der Waals surface area contributed by atoms with Crippen LogP contribution in [-0.4, -0.2) is 32.6 Å². The van der Waals surface area contributed by atoms with Crippen molar-refractivity contribution in [1.82, 2.24) is 19.7 Å². The number of halogens is 3. The minimum atomic E-state index is -4.50. The first kappa shape index (κ1) is 15.1. The Balaban J connectivity index is 2.04. The number of aryl methyl sites for hydroxylation is 1. The zero-order chi connectivity index (χ0) is 15.6. The molecule has 21 heavy (non-hydrogen) atoms. The molecule has 0 fully saturated rings. The van der Waals surface area contributed by atoms with Gasteiger partial charge in [-0.1, -0.05) is 0 Å². The molecule has 5 nitrogen and oxygen atoms in total. The van der Waals surface area contributed by atoms with Crippen LogP contribution in [0, 0.1) is 6.92 Å². The van der Waals surface area contributed by atoms with Crippen molar-refractivity contribution in [3.63, 3.8) is 0 Å². The third-order valence-electron chi connectivity index (χ3n) is 3.05. The molecule has 2 heterocycles. The van der Waals surface area contributed by atoms with E-state index < -0.39 is 11.9 Å². The minimum absolute atomic E-state index is 0.223. The van der Waals surface area contributed by atoms with Crippen molar-refractivity contribution < 1.29 is 18.0 Å². The number of alkyl halides is 3. The van der Waals surface area contributed by atoms with Gasteiger partial charge in [0, 0.05) is 24.6 Å². The Bertz CT molecular complexity index is 616. The zero-order valence-electron chi connectivity index (χ0n) is 11.6. The molecule has 2 rings (SSSR count). The summed E-state index contributed by atoms with van der Waals surface area (Å²) in [6.07, 6.45) is -2.77. The zero-order valence-corrected chi connectivity index (χ0v) is 11.6. The molecule has 114 valence electrons. The van der Waals surface area contributed by atoms with E-state index in [1.807, 2.05) is 6.07 Å². The van der Waals surface area contributed by atoms with Gasteiger partial charge in [0.15, 0.2) is 5.69 Å². The van der Waals surface area contributed by atoms with Crippen molar-refractivity contribution >= 4 is 5.91 Å². The van der Waals surface area contributed by atoms with Crippen molar-refractivity contribution in [3.05, 3.63) is 41.5 Å². The third-order valence-corrected chi connectivity index (χ3v) is 3.05. The molecule has 0 saturated carbocycles. The highest BCUT2D eigenvalue weighted by molar-refractivity contribution is 5.75. The fourth-order valence-corrected chi connectivity index (χ4v) is 1.87. The van der Waals surface area contributed by atoms with E-state index in [1.165, 1.54) is 11.8 Å². The van der Waals surface area contributed by atoms with Crippen molar-refractivity contribution in [2.24, 2.45) is 0 Å². The lowest BCUT2D eigenvalue weighted by Gasteiger charge is -2.16. The van der Waals surface area contributed by atoms with Crippen molar-refractivity contribution in [2.45, 2.75) is 26.2 Å². The van der Waals surface area contributed by atoms with Gasteiger partial charge < -0.3 is 9.88 Å². The van der Waals surface area contributed by atoms with Gasteiger partial charge in [-0.05, 0) is 25.1 Å². The number of hydrogen-bond acceptors (Lipinski definition) is 2. The summed E-state index contributed by atoms with van der Waals surface area (Å²) < 4.78 is 38.7. The van der Waals surface area contributed by atoms with E-state index in [9.17, 15) is 18.0 Å². The monoisotopic (exact) mass is 300 g/mol. The molecule has 0 bridgehead atoms. The molecule has 0 aliphatic rings.